The van der Waals surface area contributed by atoms with Crippen molar-refractivity contribution in [3.05, 3.63) is 71.4 Å². The van der Waals surface area contributed by atoms with Crippen LogP contribution in [-0.4, -0.2) is 27.6 Å². The second kappa shape index (κ2) is 11.0. The van der Waals surface area contributed by atoms with Gasteiger partial charge in [-0.1, -0.05) is 38.3 Å². The summed E-state index contributed by atoms with van der Waals surface area (Å²) in [5, 5.41) is 6.17. The van der Waals surface area contributed by atoms with Gasteiger partial charge >= 0.3 is 0 Å². The van der Waals surface area contributed by atoms with E-state index in [1.807, 2.05) is 12.1 Å². The molecule has 0 saturated carbocycles. The second-order valence-corrected chi connectivity index (χ2v) is 10.4. The molecule has 0 aliphatic carbocycles. The predicted molar refractivity (Wildman–Crippen MR) is 154 cm³/mol. The van der Waals surface area contributed by atoms with Crippen molar-refractivity contribution in [2.75, 3.05) is 32.9 Å². The summed E-state index contributed by atoms with van der Waals surface area (Å²) in [5.41, 5.74) is 7.39. The monoisotopic (exact) mass is 525 g/mol. The fourth-order valence-electron chi connectivity index (χ4n) is 5.91. The molecule has 1 N–H and O–H groups in total. The molecule has 2 aliphatic rings. The lowest BCUT2D eigenvalue weighted by atomic mass is 9.88. The highest BCUT2D eigenvalue weighted by atomic mass is 16.7. The SMILES string of the molecule is CCCCCCNc1c(OC)ccc2c(Cc3ccc(OC)cc3)c3[n+](cc12)CCc1cc2c(cc1-3)OCO2. The fraction of sp³-hybridized carbons (Fsp3) is 0.364. The molecular weight excluding hydrogens is 488 g/mol. The fourth-order valence-corrected chi connectivity index (χ4v) is 5.91. The molecule has 0 radical (unpaired) electrons. The maximum atomic E-state index is 5.85. The van der Waals surface area contributed by atoms with Gasteiger partial charge in [0.2, 0.25) is 12.5 Å². The number of pyridine rings is 1. The average molecular weight is 526 g/mol. The lowest BCUT2D eigenvalue weighted by Gasteiger charge is -2.22. The lowest BCUT2D eigenvalue weighted by molar-refractivity contribution is -0.686. The number of ether oxygens (including phenoxy) is 4. The number of methoxy groups -OCH3 is 2. The largest absolute Gasteiger partial charge is 0.497 e. The van der Waals surface area contributed by atoms with E-state index in [2.05, 4.69) is 59.4 Å². The third-order valence-corrected chi connectivity index (χ3v) is 7.96. The number of benzene rings is 3. The third kappa shape index (κ3) is 4.84. The van der Waals surface area contributed by atoms with Crippen LogP contribution in [0.3, 0.4) is 0 Å². The second-order valence-electron chi connectivity index (χ2n) is 10.4. The number of rotatable bonds is 10. The number of hydrogen-bond donors (Lipinski definition) is 1. The van der Waals surface area contributed by atoms with Crippen LogP contribution < -0.4 is 28.8 Å². The zero-order valence-corrected chi connectivity index (χ0v) is 23.1. The van der Waals surface area contributed by atoms with Crippen LogP contribution in [0, 0.1) is 0 Å². The zero-order valence-electron chi connectivity index (χ0n) is 23.1. The molecule has 3 aromatic carbocycles. The molecule has 0 saturated heterocycles. The molecule has 39 heavy (non-hydrogen) atoms. The van der Waals surface area contributed by atoms with Crippen molar-refractivity contribution >= 4 is 16.5 Å². The summed E-state index contributed by atoms with van der Waals surface area (Å²) < 4.78 is 25.2. The van der Waals surface area contributed by atoms with Gasteiger partial charge in [0.25, 0.3) is 0 Å². The first-order chi connectivity index (χ1) is 19.2. The smallest absolute Gasteiger partial charge is 0.231 e. The van der Waals surface area contributed by atoms with Crippen molar-refractivity contribution < 1.29 is 23.5 Å². The molecule has 4 aromatic rings. The number of nitrogens with one attached hydrogen (secondary N) is 1. The lowest BCUT2D eigenvalue weighted by Crippen LogP contribution is -2.41. The number of nitrogens with zero attached hydrogens (tertiary/aromatic N) is 1. The van der Waals surface area contributed by atoms with Crippen LogP contribution in [0.4, 0.5) is 5.69 Å². The van der Waals surface area contributed by atoms with Crippen molar-refractivity contribution in [1.82, 2.24) is 0 Å². The van der Waals surface area contributed by atoms with Gasteiger partial charge in [0.05, 0.1) is 30.9 Å². The van der Waals surface area contributed by atoms with Crippen molar-refractivity contribution in [1.29, 1.82) is 0 Å². The van der Waals surface area contributed by atoms with Gasteiger partial charge in [-0.05, 0) is 53.9 Å². The van der Waals surface area contributed by atoms with Gasteiger partial charge in [-0.25, -0.2) is 0 Å². The number of hydrogen-bond acceptors (Lipinski definition) is 5. The van der Waals surface area contributed by atoms with E-state index >= 15 is 0 Å². The first-order valence-corrected chi connectivity index (χ1v) is 14.1. The van der Waals surface area contributed by atoms with Crippen LogP contribution in [0.25, 0.3) is 22.0 Å². The van der Waals surface area contributed by atoms with Crippen LogP contribution in [0.5, 0.6) is 23.0 Å². The number of aromatic nitrogens is 1. The molecule has 0 atom stereocenters. The molecule has 202 valence electrons. The predicted octanol–water partition coefficient (Wildman–Crippen LogP) is 6.68. The van der Waals surface area contributed by atoms with E-state index in [0.29, 0.717) is 0 Å². The molecule has 0 unspecified atom stereocenters. The summed E-state index contributed by atoms with van der Waals surface area (Å²) in [5.74, 6) is 3.42. The molecule has 6 heteroatoms. The van der Waals surface area contributed by atoms with Gasteiger partial charge in [-0.2, -0.15) is 4.57 Å². The summed E-state index contributed by atoms with van der Waals surface area (Å²) in [6, 6.07) is 17.1. The molecule has 0 fully saturated rings. The molecule has 0 amide bonds. The number of fused-ring (bicyclic) bond motifs is 5. The van der Waals surface area contributed by atoms with Gasteiger partial charge in [-0.3, -0.25) is 0 Å². The highest BCUT2D eigenvalue weighted by molar-refractivity contribution is 6.00. The minimum atomic E-state index is 0.279. The molecule has 1 aromatic heterocycles. The van der Waals surface area contributed by atoms with Crippen molar-refractivity contribution in [2.45, 2.75) is 52.0 Å². The Morgan fingerprint density at radius 3 is 2.49 bits per heavy atom. The van der Waals surface area contributed by atoms with Gasteiger partial charge in [0.1, 0.15) is 11.5 Å². The van der Waals surface area contributed by atoms with Gasteiger partial charge in [0, 0.05) is 30.3 Å². The zero-order chi connectivity index (χ0) is 26.8. The Morgan fingerprint density at radius 2 is 1.72 bits per heavy atom. The average Bonchev–Trinajstić information content (AvgIpc) is 3.43. The molecule has 6 rings (SSSR count). The van der Waals surface area contributed by atoms with Crippen LogP contribution in [0.2, 0.25) is 0 Å². The minimum Gasteiger partial charge on any atom is -0.497 e. The summed E-state index contributed by atoms with van der Waals surface area (Å²) in [6.07, 6.45) is 8.93. The van der Waals surface area contributed by atoms with Crippen LogP contribution >= 0.6 is 0 Å². The van der Waals surface area contributed by atoms with E-state index < -0.39 is 0 Å². The molecule has 6 nitrogen and oxygen atoms in total. The number of unbranched alkanes of at least 4 members (excludes halogenated alkanes) is 3. The first-order valence-electron chi connectivity index (χ1n) is 14.1. The molecule has 0 spiro atoms. The van der Waals surface area contributed by atoms with E-state index in [1.165, 1.54) is 58.0 Å². The molecule has 3 heterocycles. The van der Waals surface area contributed by atoms with E-state index in [4.69, 9.17) is 18.9 Å². The Balaban J connectivity index is 1.52. The number of anilines is 1. The highest BCUT2D eigenvalue weighted by Gasteiger charge is 2.32. The summed E-state index contributed by atoms with van der Waals surface area (Å²) >= 11 is 0. The molecule has 2 aliphatic heterocycles. The van der Waals surface area contributed by atoms with Crippen LogP contribution in [0.1, 0.15) is 49.3 Å². The Bertz CT molecular complexity index is 1500. The van der Waals surface area contributed by atoms with Crippen molar-refractivity contribution in [2.24, 2.45) is 0 Å². The van der Waals surface area contributed by atoms with E-state index in [9.17, 15) is 0 Å². The van der Waals surface area contributed by atoms with Gasteiger partial charge in [0.15, 0.2) is 24.2 Å². The summed E-state index contributed by atoms with van der Waals surface area (Å²) in [6.45, 7) is 4.36. The Morgan fingerprint density at radius 1 is 0.897 bits per heavy atom. The quantitative estimate of drug-likeness (QED) is 0.185. The van der Waals surface area contributed by atoms with E-state index in [0.717, 1.165) is 61.0 Å². The van der Waals surface area contributed by atoms with Crippen LogP contribution in [0.15, 0.2) is 54.7 Å². The standard InChI is InChI=1S/C33H36N2O4/c1-4-5-6-7-15-34-32-28-20-35-16-14-23-18-30-31(39-21-38-30)19-26(23)33(35)27(25(28)12-13-29(32)37-3)17-22-8-10-24(36-2)11-9-22/h8-13,18-20H,4-7,14-17,21H2,1-3H3/p+1. The van der Waals surface area contributed by atoms with Gasteiger partial charge in [-0.15, -0.1) is 0 Å². The third-order valence-electron chi connectivity index (χ3n) is 7.96. The maximum absolute atomic E-state index is 5.85. The first kappa shape index (κ1) is 25.4. The van der Waals surface area contributed by atoms with Crippen LogP contribution in [-0.2, 0) is 19.4 Å². The van der Waals surface area contributed by atoms with Gasteiger partial charge < -0.3 is 24.3 Å². The Labute approximate surface area is 230 Å². The minimum absolute atomic E-state index is 0.279. The highest BCUT2D eigenvalue weighted by Crippen LogP contribution is 2.43. The van der Waals surface area contributed by atoms with Crippen molar-refractivity contribution in [3.63, 3.8) is 0 Å². The topological polar surface area (TPSA) is 52.8 Å². The molecular formula is C33H37N2O4+. The van der Waals surface area contributed by atoms with E-state index in [-0.39, 0.29) is 6.79 Å². The number of aryl methyl sites for hydroxylation is 2. The maximum Gasteiger partial charge on any atom is 0.231 e. The Kier molecular flexibility index (Phi) is 7.18. The van der Waals surface area contributed by atoms with E-state index in [1.54, 1.807) is 14.2 Å². The van der Waals surface area contributed by atoms with Crippen molar-refractivity contribution in [3.8, 4) is 34.3 Å². The normalized spacial score (nSPS) is 13.2. The Hall–Kier alpha value is -3.93. The summed E-state index contributed by atoms with van der Waals surface area (Å²) in [4.78, 5) is 0. The summed E-state index contributed by atoms with van der Waals surface area (Å²) in [7, 11) is 3.46. The molecule has 0 bridgehead atoms.